The molecule has 0 fully saturated rings. The van der Waals surface area contributed by atoms with Crippen molar-refractivity contribution in [1.82, 2.24) is 15.3 Å². The second-order valence-corrected chi connectivity index (χ2v) is 6.21. The Morgan fingerprint density at radius 1 is 1.39 bits per heavy atom. The van der Waals surface area contributed by atoms with Gasteiger partial charge in [-0.05, 0) is 14.0 Å². The Bertz CT molecular complexity index is 484. The number of hydrogen-bond donors (Lipinski definition) is 1. The predicted octanol–water partition coefficient (Wildman–Crippen LogP) is 2.36. The average molecular weight is 283 g/mol. The van der Waals surface area contributed by atoms with E-state index in [0.717, 1.165) is 34.4 Å². The average Bonchev–Trinajstić information content (AvgIpc) is 2.88. The van der Waals surface area contributed by atoms with Gasteiger partial charge >= 0.3 is 0 Å². The summed E-state index contributed by atoms with van der Waals surface area (Å²) in [6.07, 6.45) is 0.815. The molecule has 0 amide bonds. The van der Waals surface area contributed by atoms with E-state index in [4.69, 9.17) is 4.74 Å². The molecule has 0 aliphatic carbocycles. The Morgan fingerprint density at radius 2 is 2.22 bits per heavy atom. The maximum absolute atomic E-state index is 5.19. The van der Waals surface area contributed by atoms with Crippen LogP contribution in [-0.4, -0.2) is 24.1 Å². The molecule has 2 aromatic heterocycles. The third kappa shape index (κ3) is 3.35. The number of aryl methyl sites for hydroxylation is 1. The van der Waals surface area contributed by atoms with Crippen LogP contribution in [0.25, 0.3) is 0 Å². The molecule has 0 saturated heterocycles. The number of ether oxygens (including phenoxy) is 1. The number of methoxy groups -OCH3 is 1. The molecule has 2 heterocycles. The van der Waals surface area contributed by atoms with Crippen LogP contribution >= 0.6 is 22.7 Å². The first-order valence-electron chi connectivity index (χ1n) is 5.75. The zero-order valence-electron chi connectivity index (χ0n) is 10.8. The summed E-state index contributed by atoms with van der Waals surface area (Å²) in [6, 6.07) is 0. The number of nitrogens with one attached hydrogen (secondary N) is 1. The second kappa shape index (κ2) is 6.38. The summed E-state index contributed by atoms with van der Waals surface area (Å²) in [5.41, 5.74) is 2.14. The standard InChI is InChI=1S/C12H17N3OS2/c1-8-14-9(7-17-8)4-12-15-10(6-16-3)11(18-12)5-13-2/h7,13H,4-6H2,1-3H3. The van der Waals surface area contributed by atoms with Crippen LogP contribution < -0.4 is 5.32 Å². The van der Waals surface area contributed by atoms with Crippen molar-refractivity contribution in [2.45, 2.75) is 26.5 Å². The van der Waals surface area contributed by atoms with Gasteiger partial charge in [0.25, 0.3) is 0 Å². The molecule has 2 rings (SSSR count). The first-order chi connectivity index (χ1) is 8.72. The van der Waals surface area contributed by atoms with E-state index in [0.29, 0.717) is 6.61 Å². The zero-order valence-corrected chi connectivity index (χ0v) is 12.5. The maximum Gasteiger partial charge on any atom is 0.0992 e. The molecule has 4 nitrogen and oxygen atoms in total. The molecule has 2 aromatic rings. The Balaban J connectivity index is 2.15. The van der Waals surface area contributed by atoms with Crippen LogP contribution in [0, 0.1) is 6.92 Å². The molecule has 0 atom stereocenters. The van der Waals surface area contributed by atoms with Crippen molar-refractivity contribution in [2.24, 2.45) is 0 Å². The summed E-state index contributed by atoms with van der Waals surface area (Å²) >= 11 is 3.42. The topological polar surface area (TPSA) is 47.0 Å². The van der Waals surface area contributed by atoms with Crippen molar-refractivity contribution in [3.05, 3.63) is 31.7 Å². The van der Waals surface area contributed by atoms with Gasteiger partial charge in [-0.1, -0.05) is 0 Å². The molecule has 1 N–H and O–H groups in total. The monoisotopic (exact) mass is 283 g/mol. The number of aromatic nitrogens is 2. The Hall–Kier alpha value is -0.820. The lowest BCUT2D eigenvalue weighted by Gasteiger charge is -1.98. The lowest BCUT2D eigenvalue weighted by atomic mass is 10.3. The molecule has 6 heteroatoms. The third-order valence-corrected chi connectivity index (χ3v) is 4.36. The highest BCUT2D eigenvalue weighted by Crippen LogP contribution is 2.22. The summed E-state index contributed by atoms with van der Waals surface area (Å²) in [7, 11) is 3.64. The van der Waals surface area contributed by atoms with E-state index in [-0.39, 0.29) is 0 Å². The van der Waals surface area contributed by atoms with Crippen LogP contribution in [0.2, 0.25) is 0 Å². The van der Waals surface area contributed by atoms with Gasteiger partial charge < -0.3 is 10.1 Å². The second-order valence-electron chi connectivity index (χ2n) is 3.98. The lowest BCUT2D eigenvalue weighted by Crippen LogP contribution is -2.06. The van der Waals surface area contributed by atoms with Gasteiger partial charge in [0.05, 0.1) is 28.0 Å². The largest absolute Gasteiger partial charge is 0.378 e. The molecule has 0 unspecified atom stereocenters. The summed E-state index contributed by atoms with van der Waals surface area (Å²) in [4.78, 5) is 10.4. The molecule has 0 bridgehead atoms. The van der Waals surface area contributed by atoms with Gasteiger partial charge in [-0.2, -0.15) is 0 Å². The van der Waals surface area contributed by atoms with Gasteiger partial charge in [0, 0.05) is 30.3 Å². The number of nitrogens with zero attached hydrogens (tertiary/aromatic N) is 2. The molecule has 0 aromatic carbocycles. The van der Waals surface area contributed by atoms with Crippen molar-refractivity contribution in [3.63, 3.8) is 0 Å². The van der Waals surface area contributed by atoms with Crippen LogP contribution in [0.15, 0.2) is 5.38 Å². The highest BCUT2D eigenvalue weighted by atomic mass is 32.1. The van der Waals surface area contributed by atoms with Crippen LogP contribution in [-0.2, 0) is 24.3 Å². The first kappa shape index (κ1) is 13.6. The van der Waals surface area contributed by atoms with E-state index in [9.17, 15) is 0 Å². The summed E-state index contributed by atoms with van der Waals surface area (Å²) in [5, 5.41) is 7.48. The molecular formula is C12H17N3OS2. The molecule has 0 spiro atoms. The third-order valence-electron chi connectivity index (χ3n) is 2.44. The first-order valence-corrected chi connectivity index (χ1v) is 7.44. The van der Waals surface area contributed by atoms with E-state index in [1.807, 2.05) is 14.0 Å². The molecule has 18 heavy (non-hydrogen) atoms. The zero-order chi connectivity index (χ0) is 13.0. The van der Waals surface area contributed by atoms with E-state index in [1.165, 1.54) is 4.88 Å². The quantitative estimate of drug-likeness (QED) is 0.884. The van der Waals surface area contributed by atoms with Gasteiger partial charge in [-0.25, -0.2) is 9.97 Å². The minimum atomic E-state index is 0.573. The van der Waals surface area contributed by atoms with Crippen LogP contribution in [0.3, 0.4) is 0 Å². The summed E-state index contributed by atoms with van der Waals surface area (Å²) in [5.74, 6) is 0. The molecule has 0 aliphatic rings. The van der Waals surface area contributed by atoms with Gasteiger partial charge in [-0.15, -0.1) is 22.7 Å². The minimum Gasteiger partial charge on any atom is -0.378 e. The van der Waals surface area contributed by atoms with Crippen molar-refractivity contribution < 1.29 is 4.74 Å². The van der Waals surface area contributed by atoms with E-state index in [2.05, 4.69) is 20.7 Å². The van der Waals surface area contributed by atoms with E-state index in [1.54, 1.807) is 29.8 Å². The SMILES string of the molecule is CNCc1sc(Cc2csc(C)n2)nc1COC. The van der Waals surface area contributed by atoms with E-state index >= 15 is 0 Å². The van der Waals surface area contributed by atoms with E-state index < -0.39 is 0 Å². The molecule has 98 valence electrons. The fourth-order valence-electron chi connectivity index (χ4n) is 1.70. The van der Waals surface area contributed by atoms with Gasteiger partial charge in [0.15, 0.2) is 0 Å². The smallest absolute Gasteiger partial charge is 0.0992 e. The van der Waals surface area contributed by atoms with Crippen LogP contribution in [0.5, 0.6) is 0 Å². The molecule has 0 aliphatic heterocycles. The minimum absolute atomic E-state index is 0.573. The Kier molecular flexibility index (Phi) is 4.82. The van der Waals surface area contributed by atoms with Crippen LogP contribution in [0.1, 0.15) is 26.3 Å². The van der Waals surface area contributed by atoms with Gasteiger partial charge in [0.2, 0.25) is 0 Å². The summed E-state index contributed by atoms with van der Waals surface area (Å²) < 4.78 is 5.19. The lowest BCUT2D eigenvalue weighted by molar-refractivity contribution is 0.181. The fourth-order valence-corrected chi connectivity index (χ4v) is 3.42. The molecular weight excluding hydrogens is 266 g/mol. The van der Waals surface area contributed by atoms with Crippen molar-refractivity contribution >= 4 is 22.7 Å². The number of rotatable bonds is 6. The maximum atomic E-state index is 5.19. The molecule has 0 saturated carbocycles. The van der Waals surface area contributed by atoms with Gasteiger partial charge in [-0.3, -0.25) is 0 Å². The van der Waals surface area contributed by atoms with Crippen LogP contribution in [0.4, 0.5) is 0 Å². The normalized spacial score (nSPS) is 11.1. The number of hydrogen-bond acceptors (Lipinski definition) is 6. The Morgan fingerprint density at radius 3 is 2.83 bits per heavy atom. The highest BCUT2D eigenvalue weighted by Gasteiger charge is 2.11. The predicted molar refractivity (Wildman–Crippen MR) is 75.2 cm³/mol. The Labute approximate surface area is 115 Å². The summed E-state index contributed by atoms with van der Waals surface area (Å²) in [6.45, 7) is 3.44. The van der Waals surface area contributed by atoms with Crippen molar-refractivity contribution in [3.8, 4) is 0 Å². The molecule has 0 radical (unpaired) electrons. The number of thiazole rings is 2. The fraction of sp³-hybridized carbons (Fsp3) is 0.500. The van der Waals surface area contributed by atoms with Crippen molar-refractivity contribution in [1.29, 1.82) is 0 Å². The van der Waals surface area contributed by atoms with Gasteiger partial charge in [0.1, 0.15) is 0 Å². The highest BCUT2D eigenvalue weighted by molar-refractivity contribution is 7.11. The van der Waals surface area contributed by atoms with Crippen molar-refractivity contribution in [2.75, 3.05) is 14.2 Å².